The molecule has 0 heterocycles. The second-order valence-corrected chi connectivity index (χ2v) is 29.1. The zero-order valence-electron chi connectivity index (χ0n) is 64.9. The van der Waals surface area contributed by atoms with Gasteiger partial charge in [0.05, 0.1) is 26.4 Å². The Hall–Kier alpha value is -5.06. The van der Waals surface area contributed by atoms with Gasteiger partial charge in [-0.05, 0) is 148 Å². The average molecular weight is 1500 g/mol. The number of aliphatic hydroxyl groups excluding tert-OH is 1. The van der Waals surface area contributed by atoms with Crippen LogP contribution in [0.5, 0.6) is 0 Å². The van der Waals surface area contributed by atoms with Gasteiger partial charge < -0.3 is 33.8 Å². The fraction of sp³-hybridized carbons (Fsp3) is 0.671. The maximum atomic E-state index is 13.1. The summed E-state index contributed by atoms with van der Waals surface area (Å²) in [5.41, 5.74) is 0. The highest BCUT2D eigenvalue weighted by Gasteiger charge is 2.30. The molecule has 0 bridgehead atoms. The molecule has 0 saturated heterocycles. The number of aliphatic hydroxyl groups is 1. The first kappa shape index (κ1) is 98.9. The summed E-state index contributed by atoms with van der Waals surface area (Å²) in [4.78, 5) is 72.9. The maximum Gasteiger partial charge on any atom is 0.472 e. The van der Waals surface area contributed by atoms with Crippen molar-refractivity contribution in [3.63, 3.8) is 0 Å². The van der Waals surface area contributed by atoms with E-state index in [9.17, 15) is 43.2 Å². The van der Waals surface area contributed by atoms with Crippen LogP contribution in [0.1, 0.15) is 310 Å². The number of phosphoric ester groups is 2. The predicted octanol–water partition coefficient (Wildman–Crippen LogP) is 23.4. The molecule has 0 rings (SSSR count). The minimum atomic E-state index is -5.00. The number of rotatable bonds is 74. The van der Waals surface area contributed by atoms with Crippen molar-refractivity contribution >= 4 is 39.5 Å². The molecule has 0 aliphatic carbocycles. The third kappa shape index (κ3) is 75.2. The molecule has 3 N–H and O–H groups in total. The van der Waals surface area contributed by atoms with Crippen molar-refractivity contribution in [2.45, 2.75) is 329 Å². The van der Waals surface area contributed by atoms with Gasteiger partial charge in [0.15, 0.2) is 12.2 Å². The van der Waals surface area contributed by atoms with E-state index in [1.165, 1.54) is 51.4 Å². The molecular formula is C85H142O17P2. The van der Waals surface area contributed by atoms with E-state index in [0.717, 1.165) is 173 Å². The molecule has 0 aromatic rings. The van der Waals surface area contributed by atoms with E-state index in [4.69, 9.17) is 37.0 Å². The molecule has 5 unspecified atom stereocenters. The molecule has 0 aliphatic heterocycles. The monoisotopic (exact) mass is 1500 g/mol. The van der Waals surface area contributed by atoms with Crippen molar-refractivity contribution in [3.8, 4) is 0 Å². The summed E-state index contributed by atoms with van der Waals surface area (Å²) >= 11 is 0. The molecule has 0 fully saturated rings. The summed E-state index contributed by atoms with van der Waals surface area (Å²) in [7, 11) is -9.99. The summed E-state index contributed by atoms with van der Waals surface area (Å²) in [6.07, 6.45) is 87.0. The molecule has 17 nitrogen and oxygen atoms in total. The lowest BCUT2D eigenvalue weighted by Gasteiger charge is -2.21. The lowest BCUT2D eigenvalue weighted by molar-refractivity contribution is -0.161. The smallest absolute Gasteiger partial charge is 0.462 e. The summed E-state index contributed by atoms with van der Waals surface area (Å²) in [6, 6.07) is 0. The van der Waals surface area contributed by atoms with Crippen LogP contribution in [-0.2, 0) is 65.4 Å². The zero-order valence-corrected chi connectivity index (χ0v) is 66.7. The van der Waals surface area contributed by atoms with Gasteiger partial charge in [-0.3, -0.25) is 37.3 Å². The van der Waals surface area contributed by atoms with Crippen LogP contribution in [0.2, 0.25) is 0 Å². The highest BCUT2D eigenvalue weighted by molar-refractivity contribution is 7.47. The lowest BCUT2D eigenvalue weighted by atomic mass is 10.1. The van der Waals surface area contributed by atoms with Gasteiger partial charge in [0.2, 0.25) is 0 Å². The van der Waals surface area contributed by atoms with Crippen LogP contribution in [0.15, 0.2) is 146 Å². The van der Waals surface area contributed by atoms with Crippen LogP contribution in [-0.4, -0.2) is 96.7 Å². The van der Waals surface area contributed by atoms with E-state index in [0.29, 0.717) is 32.1 Å². The van der Waals surface area contributed by atoms with Crippen LogP contribution in [0.4, 0.5) is 0 Å². The Bertz CT molecular complexity index is 2540. The predicted molar refractivity (Wildman–Crippen MR) is 427 cm³/mol. The molecule has 0 spiro atoms. The van der Waals surface area contributed by atoms with Crippen molar-refractivity contribution in [2.75, 3.05) is 39.6 Å². The van der Waals surface area contributed by atoms with Gasteiger partial charge in [0.1, 0.15) is 19.3 Å². The Balaban J connectivity index is 5.40. The number of unbranched alkanes of at least 4 members (excludes halogenated alkanes) is 24. The third-order valence-corrected chi connectivity index (χ3v) is 18.2. The second-order valence-electron chi connectivity index (χ2n) is 26.2. The number of allylic oxidation sites excluding steroid dienone is 24. The molecule has 19 heteroatoms. The van der Waals surface area contributed by atoms with Gasteiger partial charge in [-0.15, -0.1) is 0 Å². The van der Waals surface area contributed by atoms with Gasteiger partial charge in [-0.2, -0.15) is 0 Å². The highest BCUT2D eigenvalue weighted by atomic mass is 31.2. The molecule has 0 radical (unpaired) electrons. The molecule has 0 amide bonds. The number of phosphoric acid groups is 2. The minimum absolute atomic E-state index is 0.0312. The van der Waals surface area contributed by atoms with Crippen molar-refractivity contribution in [1.29, 1.82) is 0 Å². The Morgan fingerprint density at radius 2 is 0.529 bits per heavy atom. The van der Waals surface area contributed by atoms with E-state index in [-0.39, 0.29) is 25.7 Å². The zero-order chi connectivity index (χ0) is 76.0. The van der Waals surface area contributed by atoms with Crippen LogP contribution in [0, 0.1) is 0 Å². The first-order valence-corrected chi connectivity index (χ1v) is 43.1. The van der Waals surface area contributed by atoms with E-state index in [2.05, 4.69) is 155 Å². The lowest BCUT2D eigenvalue weighted by Crippen LogP contribution is -2.30. The van der Waals surface area contributed by atoms with Crippen molar-refractivity contribution < 1.29 is 80.2 Å². The van der Waals surface area contributed by atoms with Gasteiger partial charge in [0, 0.05) is 25.7 Å². The van der Waals surface area contributed by atoms with Crippen LogP contribution in [0.25, 0.3) is 0 Å². The third-order valence-electron chi connectivity index (χ3n) is 16.3. The van der Waals surface area contributed by atoms with Gasteiger partial charge in [-0.25, -0.2) is 9.13 Å². The molecule has 0 saturated carbocycles. The van der Waals surface area contributed by atoms with Crippen LogP contribution < -0.4 is 0 Å². The van der Waals surface area contributed by atoms with Crippen molar-refractivity contribution in [2.24, 2.45) is 0 Å². The van der Waals surface area contributed by atoms with E-state index < -0.39 is 97.5 Å². The molecule has 0 aromatic carbocycles. The Morgan fingerprint density at radius 3 is 0.865 bits per heavy atom. The quantitative estimate of drug-likeness (QED) is 0.0169. The van der Waals surface area contributed by atoms with E-state index in [1.54, 1.807) is 0 Å². The normalized spacial score (nSPS) is 14.6. The summed E-state index contributed by atoms with van der Waals surface area (Å²) in [5.74, 6) is -2.31. The van der Waals surface area contributed by atoms with Crippen LogP contribution >= 0.6 is 15.6 Å². The van der Waals surface area contributed by atoms with Gasteiger partial charge in [0.25, 0.3) is 0 Å². The molecule has 0 aromatic heterocycles. The molecule has 104 heavy (non-hydrogen) atoms. The summed E-state index contributed by atoms with van der Waals surface area (Å²) in [5, 5.41) is 10.6. The number of carbonyl (C=O) groups is 4. The van der Waals surface area contributed by atoms with Crippen LogP contribution in [0.3, 0.4) is 0 Å². The average Bonchev–Trinajstić information content (AvgIpc) is 0.931. The number of esters is 4. The Labute approximate surface area is 630 Å². The number of carbonyl (C=O) groups excluding carboxylic acids is 4. The second kappa shape index (κ2) is 76.1. The molecular weight excluding hydrogens is 1350 g/mol. The largest absolute Gasteiger partial charge is 0.472 e. The van der Waals surface area contributed by atoms with Crippen molar-refractivity contribution in [3.05, 3.63) is 146 Å². The highest BCUT2D eigenvalue weighted by Crippen LogP contribution is 2.45. The maximum absolute atomic E-state index is 13.1. The summed E-state index contributed by atoms with van der Waals surface area (Å²) < 4.78 is 68.5. The number of ether oxygens (including phenoxy) is 4. The number of hydrogen-bond acceptors (Lipinski definition) is 15. The fourth-order valence-corrected chi connectivity index (χ4v) is 11.8. The Morgan fingerprint density at radius 1 is 0.279 bits per heavy atom. The van der Waals surface area contributed by atoms with E-state index in [1.807, 2.05) is 18.2 Å². The summed E-state index contributed by atoms with van der Waals surface area (Å²) in [6.45, 7) is 4.49. The van der Waals surface area contributed by atoms with Gasteiger partial charge in [-0.1, -0.05) is 283 Å². The van der Waals surface area contributed by atoms with Crippen molar-refractivity contribution in [1.82, 2.24) is 0 Å². The first-order chi connectivity index (χ1) is 50.7. The van der Waals surface area contributed by atoms with E-state index >= 15 is 0 Å². The minimum Gasteiger partial charge on any atom is -0.462 e. The first-order valence-electron chi connectivity index (χ1n) is 40.1. The number of hydrogen-bond donors (Lipinski definition) is 3. The molecule has 5 atom stereocenters. The SMILES string of the molecule is CC/C=C\C/C=C\C/C=C\C/C=C\C/C=C\C/C=C\CCC(=O)OCC(COP(=O)(O)OCC(O)COP(=O)(O)OCC(COC(=O)CCCCCCCC/C=C\C/C=C\C/C=C\C/C=C\CC)OC(=O)CCCCCCC/C=C\CCCCCCCC)OC(=O)CCCCCCC/C=C\CCCC. The topological polar surface area (TPSA) is 237 Å². The van der Waals surface area contributed by atoms with Gasteiger partial charge >= 0.3 is 39.5 Å². The molecule has 594 valence electrons. The standard InChI is InChI=1S/C85H142O17P2/c1-5-9-13-17-21-25-29-32-35-37-39-41-44-46-50-53-57-61-65-69-82(87)95-75-80(101-84(89)71-67-63-59-55-49-28-24-20-16-12-8-4)77-99-103(91,92)97-73-79(86)74-98-104(93,94)100-78-81(102-85(90)72-68-64-60-56-52-48-43-34-31-27-23-19-15-11-7-3)76-96-83(88)70-66-62-58-54-51-47-45-42-40-38-36-33-30-26-22-18-14-10-6-2/h9-10,13-14,20-22,24-26,32-36,39-43,46,50,57,61,79-81,86H,5-8,11-12,15-19,23,27-31,37-38,44-45,47-49,51-56,58-60,62-78H2,1-4H3,(H,91,92)(H,93,94)/b13-9-,14-10-,24-20-,25-21-,26-22-,35-32-,36-33-,41-39-,42-40-,43-34-,50-46-,61-57-. The fourth-order valence-electron chi connectivity index (χ4n) is 10.2. The Kier molecular flexibility index (Phi) is 72.4. The molecule has 0 aliphatic rings.